The molecule has 2 aromatic heterocycles. The number of aliphatic carboxylic acids is 1. The maximum atomic E-state index is 12.2. The van der Waals surface area contributed by atoms with Crippen molar-refractivity contribution in [2.24, 2.45) is 0 Å². The van der Waals surface area contributed by atoms with Gasteiger partial charge in [0.2, 0.25) is 0 Å². The summed E-state index contributed by atoms with van der Waals surface area (Å²) in [5.41, 5.74) is 0.273. The number of nitrogens with zero attached hydrogens (tertiary/aromatic N) is 4. The predicted octanol–water partition coefficient (Wildman–Crippen LogP) is 0.427. The third-order valence-corrected chi connectivity index (χ3v) is 2.66. The molecule has 2 heterocycles. The molecule has 0 aliphatic carbocycles. The van der Waals surface area contributed by atoms with Gasteiger partial charge in [-0.05, 0) is 12.1 Å². The molecule has 0 aliphatic rings. The standard InChI is InChI=1S/C14H12N4O3/c1-2-6-17(9-13(19)20)14(21)11-3-4-12(16-8-11)18-7-5-15-10-18/h1,3-5,7-8,10H,6,9H2,(H,19,20). The molecule has 7 heteroatoms. The molecule has 2 rings (SSSR count). The first-order valence-corrected chi connectivity index (χ1v) is 6.00. The van der Waals surface area contributed by atoms with E-state index < -0.39 is 18.4 Å². The molecule has 1 N–H and O–H groups in total. The first-order valence-electron chi connectivity index (χ1n) is 6.00. The van der Waals surface area contributed by atoms with Crippen molar-refractivity contribution in [3.8, 4) is 18.2 Å². The van der Waals surface area contributed by atoms with E-state index in [2.05, 4.69) is 15.9 Å². The zero-order chi connectivity index (χ0) is 15.2. The predicted molar refractivity (Wildman–Crippen MR) is 73.7 cm³/mol. The van der Waals surface area contributed by atoms with Gasteiger partial charge in [0.05, 0.1) is 12.1 Å². The molecule has 0 spiro atoms. The molecule has 106 valence electrons. The Hall–Kier alpha value is -3.14. The molecular formula is C14H12N4O3. The van der Waals surface area contributed by atoms with Crippen LogP contribution in [0.5, 0.6) is 0 Å². The lowest BCUT2D eigenvalue weighted by atomic mass is 10.2. The summed E-state index contributed by atoms with van der Waals surface area (Å²) < 4.78 is 1.69. The zero-order valence-electron chi connectivity index (χ0n) is 11.0. The second kappa shape index (κ2) is 6.34. The van der Waals surface area contributed by atoms with Gasteiger partial charge in [0.25, 0.3) is 5.91 Å². The van der Waals surface area contributed by atoms with Crippen LogP contribution in [0.1, 0.15) is 10.4 Å². The summed E-state index contributed by atoms with van der Waals surface area (Å²) in [5, 5.41) is 8.79. The first kappa shape index (κ1) is 14.3. The van der Waals surface area contributed by atoms with Crippen molar-refractivity contribution in [2.45, 2.75) is 0 Å². The fourth-order valence-electron chi connectivity index (χ4n) is 1.72. The van der Waals surface area contributed by atoms with Crippen molar-refractivity contribution in [3.05, 3.63) is 42.6 Å². The van der Waals surface area contributed by atoms with Crippen LogP contribution in [0.4, 0.5) is 0 Å². The van der Waals surface area contributed by atoms with Crippen LogP contribution in [-0.4, -0.2) is 49.5 Å². The minimum absolute atomic E-state index is 0.0750. The number of aromatic nitrogens is 3. The highest BCUT2D eigenvalue weighted by atomic mass is 16.4. The van der Waals surface area contributed by atoms with Crippen LogP contribution in [0.3, 0.4) is 0 Å². The maximum absolute atomic E-state index is 12.2. The van der Waals surface area contributed by atoms with E-state index in [1.807, 2.05) is 0 Å². The number of carbonyl (C=O) groups is 2. The minimum Gasteiger partial charge on any atom is -0.480 e. The molecule has 0 atom stereocenters. The molecule has 0 unspecified atom stereocenters. The largest absolute Gasteiger partial charge is 0.480 e. The third-order valence-electron chi connectivity index (χ3n) is 2.66. The Morgan fingerprint density at radius 3 is 2.76 bits per heavy atom. The molecule has 0 saturated carbocycles. The SMILES string of the molecule is C#CCN(CC(=O)O)C(=O)c1ccc(-n2ccnc2)nc1. The number of hydrogen-bond donors (Lipinski definition) is 1. The summed E-state index contributed by atoms with van der Waals surface area (Å²) in [6, 6.07) is 3.21. The Bertz CT molecular complexity index is 671. The van der Waals surface area contributed by atoms with Gasteiger partial charge in [0, 0.05) is 18.6 Å². The third kappa shape index (κ3) is 3.45. The van der Waals surface area contributed by atoms with Gasteiger partial charge in [0.1, 0.15) is 18.7 Å². The fraction of sp³-hybridized carbons (Fsp3) is 0.143. The maximum Gasteiger partial charge on any atom is 0.323 e. The highest BCUT2D eigenvalue weighted by Crippen LogP contribution is 2.08. The lowest BCUT2D eigenvalue weighted by Gasteiger charge is -2.17. The zero-order valence-corrected chi connectivity index (χ0v) is 11.0. The number of pyridine rings is 1. The molecule has 0 bridgehead atoms. The lowest BCUT2D eigenvalue weighted by molar-refractivity contribution is -0.137. The van der Waals surface area contributed by atoms with Gasteiger partial charge in [-0.2, -0.15) is 0 Å². The molecule has 1 amide bonds. The quantitative estimate of drug-likeness (QED) is 0.804. The van der Waals surface area contributed by atoms with E-state index in [0.29, 0.717) is 5.82 Å². The summed E-state index contributed by atoms with van der Waals surface area (Å²) in [7, 11) is 0. The lowest BCUT2D eigenvalue weighted by Crippen LogP contribution is -2.36. The first-order chi connectivity index (χ1) is 10.1. The highest BCUT2D eigenvalue weighted by molar-refractivity contribution is 5.95. The van der Waals surface area contributed by atoms with Crippen molar-refractivity contribution in [3.63, 3.8) is 0 Å². The van der Waals surface area contributed by atoms with Gasteiger partial charge in [0.15, 0.2) is 0 Å². The fourth-order valence-corrected chi connectivity index (χ4v) is 1.72. The van der Waals surface area contributed by atoms with Gasteiger partial charge >= 0.3 is 5.97 Å². The molecular weight excluding hydrogens is 272 g/mol. The number of rotatable bonds is 5. The van der Waals surface area contributed by atoms with E-state index >= 15 is 0 Å². The number of carbonyl (C=O) groups excluding carboxylic acids is 1. The number of amides is 1. The van der Waals surface area contributed by atoms with E-state index in [9.17, 15) is 9.59 Å². The number of hydrogen-bond acceptors (Lipinski definition) is 4. The van der Waals surface area contributed by atoms with Gasteiger partial charge < -0.3 is 10.0 Å². The van der Waals surface area contributed by atoms with Crippen LogP contribution >= 0.6 is 0 Å². The Balaban J connectivity index is 2.18. The van der Waals surface area contributed by atoms with Crippen molar-refractivity contribution >= 4 is 11.9 Å². The topological polar surface area (TPSA) is 88.3 Å². The highest BCUT2D eigenvalue weighted by Gasteiger charge is 2.18. The molecule has 0 aliphatic heterocycles. The van der Waals surface area contributed by atoms with Gasteiger partial charge in [-0.3, -0.25) is 14.2 Å². The van der Waals surface area contributed by atoms with Crippen molar-refractivity contribution in [2.75, 3.05) is 13.1 Å². The molecule has 0 radical (unpaired) electrons. The van der Waals surface area contributed by atoms with E-state index in [-0.39, 0.29) is 12.1 Å². The Kier molecular flexibility index (Phi) is 4.31. The van der Waals surface area contributed by atoms with Crippen molar-refractivity contribution < 1.29 is 14.7 Å². The molecule has 21 heavy (non-hydrogen) atoms. The smallest absolute Gasteiger partial charge is 0.323 e. The van der Waals surface area contributed by atoms with Gasteiger partial charge in [-0.15, -0.1) is 6.42 Å². The number of carboxylic acid groups (broad SMARTS) is 1. The average molecular weight is 284 g/mol. The van der Waals surface area contributed by atoms with Gasteiger partial charge in [-0.1, -0.05) is 5.92 Å². The minimum atomic E-state index is -1.12. The van der Waals surface area contributed by atoms with Crippen LogP contribution in [-0.2, 0) is 4.79 Å². The monoisotopic (exact) mass is 284 g/mol. The summed E-state index contributed by atoms with van der Waals surface area (Å²) >= 11 is 0. The van der Waals surface area contributed by atoms with Crippen LogP contribution in [0.2, 0.25) is 0 Å². The molecule has 7 nitrogen and oxygen atoms in total. The number of terminal acetylenes is 1. The average Bonchev–Trinajstić information content (AvgIpc) is 3.00. The summed E-state index contributed by atoms with van der Waals surface area (Å²) in [4.78, 5) is 32.0. The number of carboxylic acids is 1. The summed E-state index contributed by atoms with van der Waals surface area (Å²) in [6.07, 6.45) is 11.4. The second-order valence-electron chi connectivity index (χ2n) is 4.13. The van der Waals surface area contributed by atoms with Gasteiger partial charge in [-0.25, -0.2) is 9.97 Å². The normalized spacial score (nSPS) is 9.86. The molecule has 0 saturated heterocycles. The Labute approximate surface area is 120 Å². The molecule has 2 aromatic rings. The second-order valence-corrected chi connectivity index (χ2v) is 4.13. The van der Waals surface area contributed by atoms with E-state index in [1.165, 1.54) is 6.20 Å². The van der Waals surface area contributed by atoms with Crippen LogP contribution in [0.25, 0.3) is 5.82 Å². The van der Waals surface area contributed by atoms with E-state index in [0.717, 1.165) is 4.90 Å². The Morgan fingerprint density at radius 2 is 2.24 bits per heavy atom. The van der Waals surface area contributed by atoms with Crippen molar-refractivity contribution in [1.82, 2.24) is 19.4 Å². The van der Waals surface area contributed by atoms with Crippen LogP contribution < -0.4 is 0 Å². The van der Waals surface area contributed by atoms with E-state index in [4.69, 9.17) is 11.5 Å². The molecule has 0 aromatic carbocycles. The van der Waals surface area contributed by atoms with Crippen LogP contribution in [0.15, 0.2) is 37.1 Å². The van der Waals surface area contributed by atoms with Crippen molar-refractivity contribution in [1.29, 1.82) is 0 Å². The number of imidazole rings is 1. The summed E-state index contributed by atoms with van der Waals surface area (Å²) in [5.74, 6) is 1.27. The van der Waals surface area contributed by atoms with E-state index in [1.54, 1.807) is 35.4 Å². The van der Waals surface area contributed by atoms with Crippen LogP contribution in [0, 0.1) is 12.3 Å². The summed E-state index contributed by atoms with van der Waals surface area (Å²) in [6.45, 7) is -0.527. The molecule has 0 fully saturated rings. The Morgan fingerprint density at radius 1 is 1.43 bits per heavy atom.